The second-order valence-electron chi connectivity index (χ2n) is 4.04. The summed E-state index contributed by atoms with van der Waals surface area (Å²) in [6, 6.07) is 0. The fourth-order valence-electron chi connectivity index (χ4n) is 0.636. The first-order chi connectivity index (χ1) is 4.34. The van der Waals surface area contributed by atoms with Gasteiger partial charge in [-0.25, -0.2) is 0 Å². The van der Waals surface area contributed by atoms with Gasteiger partial charge >= 0.3 is 0 Å². The molecule has 0 spiro atoms. The number of aliphatic hydroxyl groups excluding tert-OH is 1. The lowest BCUT2D eigenvalue weighted by Gasteiger charge is -2.25. The summed E-state index contributed by atoms with van der Waals surface area (Å²) >= 11 is 0. The van der Waals surface area contributed by atoms with Crippen molar-refractivity contribution in [3.8, 4) is 0 Å². The molecule has 0 fully saturated rings. The van der Waals surface area contributed by atoms with E-state index in [2.05, 4.69) is 6.58 Å². The van der Waals surface area contributed by atoms with Crippen molar-refractivity contribution >= 4 is 0 Å². The topological polar surface area (TPSA) is 20.2 Å². The molecule has 0 aromatic carbocycles. The van der Waals surface area contributed by atoms with Gasteiger partial charge in [-0.05, 0) is 18.8 Å². The largest absolute Gasteiger partial charge is 0.392 e. The zero-order chi connectivity index (χ0) is 8.36. The van der Waals surface area contributed by atoms with Crippen molar-refractivity contribution < 1.29 is 5.11 Å². The Kier molecular flexibility index (Phi) is 3.10. The first kappa shape index (κ1) is 9.70. The van der Waals surface area contributed by atoms with Crippen LogP contribution in [0.2, 0.25) is 0 Å². The SMILES string of the molecule is C=C(C)C[C@@H](O)C(C)(C)C. The van der Waals surface area contributed by atoms with Gasteiger partial charge in [-0.2, -0.15) is 0 Å². The standard InChI is InChI=1S/C9H18O/c1-7(2)6-8(10)9(3,4)5/h8,10H,1,6H2,2-5H3/t8-/m1/s1. The molecule has 1 atom stereocenters. The lowest BCUT2D eigenvalue weighted by molar-refractivity contribution is 0.0637. The molecule has 0 aliphatic carbocycles. The third kappa shape index (κ3) is 3.67. The van der Waals surface area contributed by atoms with E-state index in [1.807, 2.05) is 27.7 Å². The molecule has 0 radical (unpaired) electrons. The normalized spacial score (nSPS) is 14.9. The van der Waals surface area contributed by atoms with E-state index in [0.717, 1.165) is 5.57 Å². The van der Waals surface area contributed by atoms with E-state index in [1.54, 1.807) is 0 Å². The van der Waals surface area contributed by atoms with Gasteiger partial charge in [-0.1, -0.05) is 26.3 Å². The number of hydrogen-bond acceptors (Lipinski definition) is 1. The van der Waals surface area contributed by atoms with Gasteiger partial charge in [0.25, 0.3) is 0 Å². The summed E-state index contributed by atoms with van der Waals surface area (Å²) in [5.41, 5.74) is 1.03. The van der Waals surface area contributed by atoms with Crippen LogP contribution in [0.5, 0.6) is 0 Å². The van der Waals surface area contributed by atoms with Crippen LogP contribution in [0.3, 0.4) is 0 Å². The van der Waals surface area contributed by atoms with Crippen LogP contribution in [0.15, 0.2) is 12.2 Å². The van der Waals surface area contributed by atoms with Crippen LogP contribution >= 0.6 is 0 Å². The maximum Gasteiger partial charge on any atom is 0.0625 e. The molecule has 10 heavy (non-hydrogen) atoms. The lowest BCUT2D eigenvalue weighted by atomic mass is 9.86. The Hall–Kier alpha value is -0.300. The predicted octanol–water partition coefficient (Wildman–Crippen LogP) is 2.36. The second kappa shape index (κ2) is 3.20. The fraction of sp³-hybridized carbons (Fsp3) is 0.778. The second-order valence-corrected chi connectivity index (χ2v) is 4.04. The third-order valence-corrected chi connectivity index (χ3v) is 1.54. The Balaban J connectivity index is 3.85. The van der Waals surface area contributed by atoms with Gasteiger partial charge in [-0.15, -0.1) is 6.58 Å². The summed E-state index contributed by atoms with van der Waals surface area (Å²) in [6.45, 7) is 11.8. The van der Waals surface area contributed by atoms with Gasteiger partial charge in [0.2, 0.25) is 0 Å². The third-order valence-electron chi connectivity index (χ3n) is 1.54. The monoisotopic (exact) mass is 142 g/mol. The Labute approximate surface area is 63.8 Å². The molecule has 1 heteroatoms. The maximum atomic E-state index is 9.50. The number of rotatable bonds is 2. The first-order valence-electron chi connectivity index (χ1n) is 3.66. The van der Waals surface area contributed by atoms with Crippen LogP contribution in [0.25, 0.3) is 0 Å². The van der Waals surface area contributed by atoms with Crippen LogP contribution in [-0.2, 0) is 0 Å². The Morgan fingerprint density at radius 3 is 2.00 bits per heavy atom. The van der Waals surface area contributed by atoms with Crippen molar-refractivity contribution in [2.75, 3.05) is 0 Å². The maximum absolute atomic E-state index is 9.50. The van der Waals surface area contributed by atoms with Crippen molar-refractivity contribution in [2.45, 2.75) is 40.2 Å². The predicted molar refractivity (Wildman–Crippen MR) is 44.9 cm³/mol. The van der Waals surface area contributed by atoms with Gasteiger partial charge in [0.05, 0.1) is 6.10 Å². The van der Waals surface area contributed by atoms with Crippen LogP contribution in [0.4, 0.5) is 0 Å². The molecular formula is C9H18O. The molecule has 0 aliphatic heterocycles. The van der Waals surface area contributed by atoms with Crippen LogP contribution in [0, 0.1) is 5.41 Å². The Bertz CT molecular complexity index is 119. The van der Waals surface area contributed by atoms with Gasteiger partial charge in [0.15, 0.2) is 0 Å². The zero-order valence-electron chi connectivity index (χ0n) is 7.44. The van der Waals surface area contributed by atoms with E-state index in [1.165, 1.54) is 0 Å². The summed E-state index contributed by atoms with van der Waals surface area (Å²) in [5, 5.41) is 9.50. The molecule has 0 amide bonds. The molecule has 0 saturated carbocycles. The van der Waals surface area contributed by atoms with Crippen molar-refractivity contribution in [1.82, 2.24) is 0 Å². The number of hydrogen-bond donors (Lipinski definition) is 1. The highest BCUT2D eigenvalue weighted by atomic mass is 16.3. The van der Waals surface area contributed by atoms with Crippen LogP contribution in [0.1, 0.15) is 34.1 Å². The van der Waals surface area contributed by atoms with Gasteiger partial charge in [-0.3, -0.25) is 0 Å². The van der Waals surface area contributed by atoms with E-state index in [0.29, 0.717) is 6.42 Å². The molecular weight excluding hydrogens is 124 g/mol. The summed E-state index contributed by atoms with van der Waals surface area (Å²) in [6.07, 6.45) is 0.453. The average Bonchev–Trinajstić information content (AvgIpc) is 1.60. The summed E-state index contributed by atoms with van der Waals surface area (Å²) in [5.74, 6) is 0. The minimum atomic E-state index is -0.259. The van der Waals surface area contributed by atoms with Crippen molar-refractivity contribution in [1.29, 1.82) is 0 Å². The molecule has 1 N–H and O–H groups in total. The van der Waals surface area contributed by atoms with Crippen molar-refractivity contribution in [3.05, 3.63) is 12.2 Å². The van der Waals surface area contributed by atoms with Crippen LogP contribution in [-0.4, -0.2) is 11.2 Å². The molecule has 1 nitrogen and oxygen atoms in total. The quantitative estimate of drug-likeness (QED) is 0.587. The van der Waals surface area contributed by atoms with E-state index >= 15 is 0 Å². The Morgan fingerprint density at radius 1 is 1.50 bits per heavy atom. The molecule has 0 rings (SSSR count). The molecule has 0 aromatic heterocycles. The van der Waals surface area contributed by atoms with E-state index in [-0.39, 0.29) is 11.5 Å². The van der Waals surface area contributed by atoms with Crippen LogP contribution < -0.4 is 0 Å². The number of aliphatic hydroxyl groups is 1. The molecule has 0 heterocycles. The smallest absolute Gasteiger partial charge is 0.0625 e. The first-order valence-corrected chi connectivity index (χ1v) is 3.66. The minimum absolute atomic E-state index is 0.0149. The van der Waals surface area contributed by atoms with E-state index < -0.39 is 0 Å². The molecule has 0 aromatic rings. The lowest BCUT2D eigenvalue weighted by Crippen LogP contribution is -2.25. The highest BCUT2D eigenvalue weighted by Crippen LogP contribution is 2.23. The van der Waals surface area contributed by atoms with Gasteiger partial charge in [0.1, 0.15) is 0 Å². The average molecular weight is 142 g/mol. The summed E-state index contributed by atoms with van der Waals surface area (Å²) in [7, 11) is 0. The summed E-state index contributed by atoms with van der Waals surface area (Å²) in [4.78, 5) is 0. The molecule has 60 valence electrons. The highest BCUT2D eigenvalue weighted by molar-refractivity contribution is 4.93. The molecule has 0 unspecified atom stereocenters. The molecule has 0 saturated heterocycles. The van der Waals surface area contributed by atoms with Gasteiger partial charge in [0, 0.05) is 0 Å². The summed E-state index contributed by atoms with van der Waals surface area (Å²) < 4.78 is 0. The van der Waals surface area contributed by atoms with E-state index in [9.17, 15) is 5.11 Å². The van der Waals surface area contributed by atoms with Gasteiger partial charge < -0.3 is 5.11 Å². The Morgan fingerprint density at radius 2 is 1.90 bits per heavy atom. The molecule has 0 aliphatic rings. The zero-order valence-corrected chi connectivity index (χ0v) is 7.44. The fourth-order valence-corrected chi connectivity index (χ4v) is 0.636. The highest BCUT2D eigenvalue weighted by Gasteiger charge is 2.21. The van der Waals surface area contributed by atoms with Crippen molar-refractivity contribution in [3.63, 3.8) is 0 Å². The molecule has 0 bridgehead atoms. The van der Waals surface area contributed by atoms with E-state index in [4.69, 9.17) is 0 Å². The minimum Gasteiger partial charge on any atom is -0.392 e. The van der Waals surface area contributed by atoms with Crippen molar-refractivity contribution in [2.24, 2.45) is 5.41 Å².